The Hall–Kier alpha value is -4.57. The summed E-state index contributed by atoms with van der Waals surface area (Å²) < 4.78 is 5.16. The molecule has 1 fully saturated rings. The van der Waals surface area contributed by atoms with Crippen LogP contribution in [0.25, 0.3) is 0 Å². The second-order valence-electron chi connectivity index (χ2n) is 9.72. The van der Waals surface area contributed by atoms with Crippen LogP contribution in [-0.2, 0) is 14.3 Å². The van der Waals surface area contributed by atoms with Gasteiger partial charge in [-0.3, -0.25) is 29.9 Å². The van der Waals surface area contributed by atoms with Crippen molar-refractivity contribution in [3.05, 3.63) is 112 Å². The number of nitrogens with zero attached hydrogens (tertiary/aromatic N) is 4. The fourth-order valence-electron chi connectivity index (χ4n) is 5.36. The smallest absolute Gasteiger partial charge is 0.321 e. The average molecular weight is 542 g/mol. The SMILES string of the molecule is CCOC(=O)[C@@H]1C(=O)NC(N2CCN(C(c3ccccc3)c3ccccc3)CC2)=N[C@@H]1c1cccc([N+](=O)[O-])c1. The van der Waals surface area contributed by atoms with Crippen LogP contribution < -0.4 is 5.32 Å². The third-order valence-corrected chi connectivity index (χ3v) is 7.27. The highest BCUT2D eigenvalue weighted by molar-refractivity contribution is 6.08. The Bertz CT molecular complexity index is 1350. The first-order valence-corrected chi connectivity index (χ1v) is 13.3. The first kappa shape index (κ1) is 27.0. The molecule has 40 heavy (non-hydrogen) atoms. The first-order valence-electron chi connectivity index (χ1n) is 13.3. The van der Waals surface area contributed by atoms with Crippen molar-refractivity contribution in [1.82, 2.24) is 15.1 Å². The molecular formula is C30H31N5O5. The molecule has 1 N–H and O–H groups in total. The Balaban J connectivity index is 1.40. The molecule has 206 valence electrons. The van der Waals surface area contributed by atoms with E-state index in [0.717, 1.165) is 0 Å². The van der Waals surface area contributed by atoms with E-state index in [0.29, 0.717) is 37.7 Å². The van der Waals surface area contributed by atoms with E-state index in [4.69, 9.17) is 9.73 Å². The van der Waals surface area contributed by atoms with E-state index in [1.54, 1.807) is 13.0 Å². The first-order chi connectivity index (χ1) is 19.5. The van der Waals surface area contributed by atoms with Crippen LogP contribution in [0.5, 0.6) is 0 Å². The Kier molecular flexibility index (Phi) is 8.16. The zero-order chi connectivity index (χ0) is 28.1. The van der Waals surface area contributed by atoms with Crippen molar-refractivity contribution in [3.8, 4) is 0 Å². The van der Waals surface area contributed by atoms with Crippen molar-refractivity contribution in [2.24, 2.45) is 10.9 Å². The Labute approximate surface area is 232 Å². The topological polar surface area (TPSA) is 117 Å². The van der Waals surface area contributed by atoms with E-state index in [1.807, 2.05) is 41.3 Å². The van der Waals surface area contributed by atoms with E-state index in [1.165, 1.54) is 29.3 Å². The van der Waals surface area contributed by atoms with Gasteiger partial charge in [-0.2, -0.15) is 0 Å². The maximum absolute atomic E-state index is 13.2. The number of nitrogens with one attached hydrogen (secondary N) is 1. The van der Waals surface area contributed by atoms with E-state index in [-0.39, 0.29) is 18.3 Å². The number of carbonyl (C=O) groups excluding carboxylic acids is 2. The van der Waals surface area contributed by atoms with Crippen LogP contribution in [0, 0.1) is 16.0 Å². The van der Waals surface area contributed by atoms with E-state index < -0.39 is 28.8 Å². The lowest BCUT2D eigenvalue weighted by Gasteiger charge is -2.42. The van der Waals surface area contributed by atoms with Crippen LogP contribution in [0.3, 0.4) is 0 Å². The number of nitro groups is 1. The van der Waals surface area contributed by atoms with Crippen molar-refractivity contribution in [1.29, 1.82) is 0 Å². The number of hydrogen-bond acceptors (Lipinski definition) is 8. The monoisotopic (exact) mass is 541 g/mol. The number of guanidine groups is 1. The lowest BCUT2D eigenvalue weighted by molar-refractivity contribution is -0.384. The van der Waals surface area contributed by atoms with Gasteiger partial charge in [0.15, 0.2) is 5.92 Å². The summed E-state index contributed by atoms with van der Waals surface area (Å²) in [7, 11) is 0. The quantitative estimate of drug-likeness (QED) is 0.210. The normalized spacial score (nSPS) is 19.6. The summed E-state index contributed by atoms with van der Waals surface area (Å²) in [6.07, 6.45) is 0. The molecule has 2 heterocycles. The van der Waals surface area contributed by atoms with Crippen LogP contribution in [-0.4, -0.2) is 65.3 Å². The Morgan fingerprint density at radius 1 is 1.00 bits per heavy atom. The number of hydrogen-bond donors (Lipinski definition) is 1. The molecule has 5 rings (SSSR count). The molecule has 2 aliphatic rings. The summed E-state index contributed by atoms with van der Waals surface area (Å²) in [6.45, 7) is 4.39. The highest BCUT2D eigenvalue weighted by atomic mass is 16.6. The van der Waals surface area contributed by atoms with E-state index >= 15 is 0 Å². The summed E-state index contributed by atoms with van der Waals surface area (Å²) in [5.41, 5.74) is 2.68. The van der Waals surface area contributed by atoms with Gasteiger partial charge in [-0.15, -0.1) is 0 Å². The molecule has 0 bridgehead atoms. The number of carbonyl (C=O) groups is 2. The molecule has 0 aliphatic carbocycles. The summed E-state index contributed by atoms with van der Waals surface area (Å²) in [4.78, 5) is 46.1. The van der Waals surface area contributed by atoms with Crippen LogP contribution in [0.15, 0.2) is 89.9 Å². The second kappa shape index (κ2) is 12.1. The van der Waals surface area contributed by atoms with Crippen LogP contribution >= 0.6 is 0 Å². The molecule has 2 atom stereocenters. The van der Waals surface area contributed by atoms with Crippen molar-refractivity contribution in [3.63, 3.8) is 0 Å². The van der Waals surface area contributed by atoms with Gasteiger partial charge in [0.25, 0.3) is 5.69 Å². The molecule has 0 saturated carbocycles. The minimum Gasteiger partial charge on any atom is -0.465 e. The Morgan fingerprint density at radius 2 is 1.62 bits per heavy atom. The zero-order valence-corrected chi connectivity index (χ0v) is 22.2. The molecule has 0 aromatic heterocycles. The fourth-order valence-corrected chi connectivity index (χ4v) is 5.36. The van der Waals surface area contributed by atoms with Crippen molar-refractivity contribution in [2.75, 3.05) is 32.8 Å². The van der Waals surface area contributed by atoms with E-state index in [9.17, 15) is 19.7 Å². The van der Waals surface area contributed by atoms with Gasteiger partial charge in [0.1, 0.15) is 6.04 Å². The minimum absolute atomic E-state index is 0.0817. The lowest BCUT2D eigenvalue weighted by Crippen LogP contribution is -2.57. The number of rotatable bonds is 7. The van der Waals surface area contributed by atoms with Gasteiger partial charge < -0.3 is 9.64 Å². The number of ether oxygens (including phenoxy) is 1. The minimum atomic E-state index is -1.24. The second-order valence-corrected chi connectivity index (χ2v) is 9.72. The molecule has 1 amide bonds. The molecule has 2 aliphatic heterocycles. The summed E-state index contributed by atoms with van der Waals surface area (Å²) in [6, 6.07) is 25.8. The van der Waals surface area contributed by atoms with Crippen molar-refractivity contribution in [2.45, 2.75) is 19.0 Å². The van der Waals surface area contributed by atoms with Crippen LogP contribution in [0.4, 0.5) is 5.69 Å². The van der Waals surface area contributed by atoms with Gasteiger partial charge in [0, 0.05) is 38.3 Å². The molecule has 0 spiro atoms. The zero-order valence-electron chi connectivity index (χ0n) is 22.2. The summed E-state index contributed by atoms with van der Waals surface area (Å²) in [5, 5.41) is 14.2. The Morgan fingerprint density at radius 3 is 2.20 bits per heavy atom. The molecule has 10 heteroatoms. The number of benzene rings is 3. The standard InChI is InChI=1S/C30H31N5O5/c1-2-40-29(37)25-26(23-14-9-15-24(20-23)35(38)39)31-30(32-28(25)36)34-18-16-33(17-19-34)27(21-10-5-3-6-11-21)22-12-7-4-8-13-22/h3-15,20,25-27H,2,16-19H2,1H3,(H,31,32,36)/t25-,26+/m0/s1. The largest absolute Gasteiger partial charge is 0.465 e. The molecule has 3 aromatic rings. The number of nitro benzene ring substituents is 1. The molecule has 10 nitrogen and oxygen atoms in total. The van der Waals surface area contributed by atoms with Gasteiger partial charge in [0.2, 0.25) is 11.9 Å². The fraction of sp³-hybridized carbons (Fsp3) is 0.300. The average Bonchev–Trinajstić information content (AvgIpc) is 2.98. The van der Waals surface area contributed by atoms with Crippen LogP contribution in [0.2, 0.25) is 0 Å². The highest BCUT2D eigenvalue weighted by Gasteiger charge is 2.42. The van der Waals surface area contributed by atoms with Gasteiger partial charge in [-0.1, -0.05) is 72.8 Å². The number of piperazine rings is 1. The van der Waals surface area contributed by atoms with E-state index in [2.05, 4.69) is 34.5 Å². The number of aliphatic imine (C=N–C) groups is 1. The van der Waals surface area contributed by atoms with Gasteiger partial charge in [-0.25, -0.2) is 4.99 Å². The number of amides is 1. The predicted molar refractivity (Wildman–Crippen MR) is 149 cm³/mol. The molecule has 0 unspecified atom stereocenters. The summed E-state index contributed by atoms with van der Waals surface area (Å²) in [5.74, 6) is -2.13. The highest BCUT2D eigenvalue weighted by Crippen LogP contribution is 2.34. The summed E-state index contributed by atoms with van der Waals surface area (Å²) >= 11 is 0. The third kappa shape index (κ3) is 5.72. The maximum Gasteiger partial charge on any atom is 0.321 e. The van der Waals surface area contributed by atoms with Gasteiger partial charge in [0.05, 0.1) is 17.6 Å². The lowest BCUT2D eigenvalue weighted by atomic mass is 9.91. The van der Waals surface area contributed by atoms with Crippen molar-refractivity contribution >= 4 is 23.5 Å². The molecular weight excluding hydrogens is 510 g/mol. The maximum atomic E-state index is 13.2. The van der Waals surface area contributed by atoms with Gasteiger partial charge in [-0.05, 0) is 23.6 Å². The van der Waals surface area contributed by atoms with Crippen molar-refractivity contribution < 1.29 is 19.2 Å². The predicted octanol–water partition coefficient (Wildman–Crippen LogP) is 3.71. The van der Waals surface area contributed by atoms with Gasteiger partial charge >= 0.3 is 5.97 Å². The third-order valence-electron chi connectivity index (χ3n) is 7.27. The molecule has 1 saturated heterocycles. The number of non-ortho nitro benzene ring substituents is 1. The number of esters is 1. The van der Waals surface area contributed by atoms with Crippen LogP contribution in [0.1, 0.15) is 35.7 Å². The molecule has 0 radical (unpaired) electrons. The molecule has 3 aromatic carbocycles.